The van der Waals surface area contributed by atoms with E-state index < -0.39 is 0 Å². The molecule has 1 aromatic carbocycles. The molecule has 1 aromatic rings. The van der Waals surface area contributed by atoms with Crippen molar-refractivity contribution in [3.63, 3.8) is 0 Å². The van der Waals surface area contributed by atoms with Crippen LogP contribution in [0.15, 0.2) is 24.3 Å². The molecule has 3 atom stereocenters. The van der Waals surface area contributed by atoms with Crippen LogP contribution in [0.3, 0.4) is 0 Å². The fraction of sp³-hybridized carbons (Fsp3) is 0.455. The highest BCUT2D eigenvalue weighted by atomic mass is 19.1. The summed E-state index contributed by atoms with van der Waals surface area (Å²) in [5.41, 5.74) is 6.59. The molecule has 0 bridgehead atoms. The molecule has 1 fully saturated rings. The van der Waals surface area contributed by atoms with Gasteiger partial charge < -0.3 is 5.73 Å². The fourth-order valence-electron chi connectivity index (χ4n) is 1.93. The molecule has 0 amide bonds. The molecule has 2 N–H and O–H groups in total. The molecule has 0 aliphatic heterocycles. The summed E-state index contributed by atoms with van der Waals surface area (Å²) in [6.45, 7) is 1.99. The monoisotopic (exact) mass is 179 g/mol. The van der Waals surface area contributed by atoms with Gasteiger partial charge in [-0.1, -0.05) is 18.2 Å². The van der Waals surface area contributed by atoms with Crippen molar-refractivity contribution in [3.05, 3.63) is 35.6 Å². The Hall–Kier alpha value is -0.890. The molecule has 0 saturated heterocycles. The average molecular weight is 179 g/mol. The zero-order valence-corrected chi connectivity index (χ0v) is 7.70. The van der Waals surface area contributed by atoms with Gasteiger partial charge in [-0.3, -0.25) is 0 Å². The summed E-state index contributed by atoms with van der Waals surface area (Å²) >= 11 is 0. The predicted molar refractivity (Wildman–Crippen MR) is 50.9 cm³/mol. The zero-order chi connectivity index (χ0) is 9.42. The van der Waals surface area contributed by atoms with E-state index in [0.717, 1.165) is 12.0 Å². The van der Waals surface area contributed by atoms with Gasteiger partial charge in [-0.25, -0.2) is 4.39 Å². The van der Waals surface area contributed by atoms with E-state index in [9.17, 15) is 4.39 Å². The molecule has 1 saturated carbocycles. The van der Waals surface area contributed by atoms with Crippen LogP contribution in [-0.2, 0) is 0 Å². The molecule has 0 aromatic heterocycles. The summed E-state index contributed by atoms with van der Waals surface area (Å²) in [4.78, 5) is 0. The minimum absolute atomic E-state index is 0.0874. The van der Waals surface area contributed by atoms with E-state index in [0.29, 0.717) is 11.8 Å². The highest BCUT2D eigenvalue weighted by molar-refractivity contribution is 5.28. The molecule has 13 heavy (non-hydrogen) atoms. The van der Waals surface area contributed by atoms with Gasteiger partial charge in [0.05, 0.1) is 0 Å². The normalized spacial score (nSPS) is 28.5. The molecular weight excluding hydrogens is 165 g/mol. The van der Waals surface area contributed by atoms with Crippen molar-refractivity contribution >= 4 is 0 Å². The van der Waals surface area contributed by atoms with E-state index in [1.54, 1.807) is 6.07 Å². The second-order valence-corrected chi connectivity index (χ2v) is 3.89. The standard InChI is InChI=1S/C11H14FN/c1-7(13)9-6-10(9)8-4-2-3-5-11(8)12/h2-5,7,9-10H,6,13H2,1H3/t7-,9-,10+/m0/s1. The lowest BCUT2D eigenvalue weighted by Gasteiger charge is -2.04. The highest BCUT2D eigenvalue weighted by Gasteiger charge is 2.41. The lowest BCUT2D eigenvalue weighted by molar-refractivity contribution is 0.589. The van der Waals surface area contributed by atoms with Crippen LogP contribution in [0.2, 0.25) is 0 Å². The van der Waals surface area contributed by atoms with Crippen molar-refractivity contribution in [1.29, 1.82) is 0 Å². The van der Waals surface area contributed by atoms with Crippen molar-refractivity contribution in [2.24, 2.45) is 11.7 Å². The quantitative estimate of drug-likeness (QED) is 0.740. The van der Waals surface area contributed by atoms with Gasteiger partial charge in [-0.05, 0) is 36.8 Å². The van der Waals surface area contributed by atoms with Crippen LogP contribution < -0.4 is 5.73 Å². The van der Waals surface area contributed by atoms with Crippen LogP contribution in [-0.4, -0.2) is 6.04 Å². The van der Waals surface area contributed by atoms with Gasteiger partial charge in [0.1, 0.15) is 5.82 Å². The Morgan fingerprint density at radius 1 is 1.46 bits per heavy atom. The summed E-state index contributed by atoms with van der Waals surface area (Å²) in [6, 6.07) is 7.18. The Kier molecular flexibility index (Phi) is 2.08. The van der Waals surface area contributed by atoms with Gasteiger partial charge in [-0.2, -0.15) is 0 Å². The largest absolute Gasteiger partial charge is 0.328 e. The summed E-state index contributed by atoms with van der Waals surface area (Å²) in [6.07, 6.45) is 1.04. The van der Waals surface area contributed by atoms with Gasteiger partial charge in [0.25, 0.3) is 0 Å². The van der Waals surface area contributed by atoms with Gasteiger partial charge in [0.2, 0.25) is 0 Å². The molecule has 1 nitrogen and oxygen atoms in total. The number of rotatable bonds is 2. The topological polar surface area (TPSA) is 26.0 Å². The first-order valence-electron chi connectivity index (χ1n) is 4.70. The maximum atomic E-state index is 13.3. The average Bonchev–Trinajstić information content (AvgIpc) is 2.84. The van der Waals surface area contributed by atoms with E-state index in [4.69, 9.17) is 5.73 Å². The molecule has 1 aliphatic carbocycles. The number of hydrogen-bond donors (Lipinski definition) is 1. The minimum atomic E-state index is -0.0874. The van der Waals surface area contributed by atoms with E-state index in [1.807, 2.05) is 19.1 Å². The molecule has 0 radical (unpaired) electrons. The predicted octanol–water partition coefficient (Wildman–Crippen LogP) is 2.28. The maximum Gasteiger partial charge on any atom is 0.126 e. The smallest absolute Gasteiger partial charge is 0.126 e. The SMILES string of the molecule is C[C@H](N)[C@@H]1C[C@@H]1c1ccccc1F. The van der Waals surface area contributed by atoms with Crippen molar-refractivity contribution in [2.75, 3.05) is 0 Å². The third kappa shape index (κ3) is 1.59. The Bertz CT molecular complexity index is 309. The third-order valence-electron chi connectivity index (χ3n) is 2.82. The summed E-state index contributed by atoms with van der Waals surface area (Å²) < 4.78 is 13.3. The first-order valence-corrected chi connectivity index (χ1v) is 4.70. The summed E-state index contributed by atoms with van der Waals surface area (Å²) in [7, 11) is 0. The molecule has 1 aliphatic rings. The second-order valence-electron chi connectivity index (χ2n) is 3.89. The van der Waals surface area contributed by atoms with E-state index in [2.05, 4.69) is 0 Å². The number of hydrogen-bond acceptors (Lipinski definition) is 1. The fourth-order valence-corrected chi connectivity index (χ4v) is 1.93. The van der Waals surface area contributed by atoms with Gasteiger partial charge >= 0.3 is 0 Å². The molecular formula is C11H14FN. The first kappa shape index (κ1) is 8.70. The Morgan fingerprint density at radius 3 is 2.69 bits per heavy atom. The summed E-state index contributed by atoms with van der Waals surface area (Å²) in [5.74, 6) is 0.758. The van der Waals surface area contributed by atoms with Crippen molar-refractivity contribution in [2.45, 2.75) is 25.3 Å². The molecule has 0 unspecified atom stereocenters. The minimum Gasteiger partial charge on any atom is -0.328 e. The van der Waals surface area contributed by atoms with Crippen LogP contribution in [0.5, 0.6) is 0 Å². The zero-order valence-electron chi connectivity index (χ0n) is 7.70. The number of benzene rings is 1. The summed E-state index contributed by atoms with van der Waals surface area (Å²) in [5, 5.41) is 0. The lowest BCUT2D eigenvalue weighted by Crippen LogP contribution is -2.18. The van der Waals surface area contributed by atoms with Crippen LogP contribution in [0.1, 0.15) is 24.8 Å². The van der Waals surface area contributed by atoms with Gasteiger partial charge in [0, 0.05) is 6.04 Å². The number of nitrogens with two attached hydrogens (primary N) is 1. The molecule has 2 rings (SSSR count). The van der Waals surface area contributed by atoms with E-state index >= 15 is 0 Å². The van der Waals surface area contributed by atoms with Crippen molar-refractivity contribution in [3.8, 4) is 0 Å². The van der Waals surface area contributed by atoms with E-state index in [-0.39, 0.29) is 11.9 Å². The van der Waals surface area contributed by atoms with Crippen molar-refractivity contribution in [1.82, 2.24) is 0 Å². The van der Waals surface area contributed by atoms with Crippen LogP contribution in [0.4, 0.5) is 4.39 Å². The molecule has 0 spiro atoms. The van der Waals surface area contributed by atoms with Gasteiger partial charge in [-0.15, -0.1) is 0 Å². The Morgan fingerprint density at radius 2 is 2.15 bits per heavy atom. The lowest BCUT2D eigenvalue weighted by atomic mass is 10.1. The van der Waals surface area contributed by atoms with Gasteiger partial charge in [0.15, 0.2) is 0 Å². The van der Waals surface area contributed by atoms with Crippen molar-refractivity contribution < 1.29 is 4.39 Å². The Labute approximate surface area is 77.8 Å². The number of halogens is 1. The second kappa shape index (κ2) is 3.11. The molecule has 70 valence electrons. The molecule has 2 heteroatoms. The van der Waals surface area contributed by atoms with E-state index in [1.165, 1.54) is 6.07 Å². The van der Waals surface area contributed by atoms with Crippen LogP contribution in [0.25, 0.3) is 0 Å². The molecule has 0 heterocycles. The first-order chi connectivity index (χ1) is 6.20. The third-order valence-corrected chi connectivity index (χ3v) is 2.82. The Balaban J connectivity index is 2.16. The van der Waals surface area contributed by atoms with Crippen LogP contribution >= 0.6 is 0 Å². The maximum absolute atomic E-state index is 13.3. The highest BCUT2D eigenvalue weighted by Crippen LogP contribution is 2.49. The van der Waals surface area contributed by atoms with Crippen LogP contribution in [0, 0.1) is 11.7 Å².